The third-order valence-electron chi connectivity index (χ3n) is 12.0. The van der Waals surface area contributed by atoms with Crippen molar-refractivity contribution in [3.05, 3.63) is 53.3 Å². The highest BCUT2D eigenvalue weighted by molar-refractivity contribution is 6.03. The number of nitrogens with one attached hydrogen (secondary N) is 1. The van der Waals surface area contributed by atoms with E-state index in [4.69, 9.17) is 14.5 Å². The fourth-order valence-electron chi connectivity index (χ4n) is 8.93. The van der Waals surface area contributed by atoms with E-state index in [1.165, 1.54) is 36.8 Å². The van der Waals surface area contributed by atoms with Gasteiger partial charge in [-0.3, -0.25) is 4.90 Å². The van der Waals surface area contributed by atoms with Crippen molar-refractivity contribution in [2.75, 3.05) is 50.9 Å². The van der Waals surface area contributed by atoms with Crippen molar-refractivity contribution < 1.29 is 27.8 Å². The van der Waals surface area contributed by atoms with Gasteiger partial charge in [-0.25, -0.2) is 13.2 Å². The lowest BCUT2D eigenvalue weighted by Gasteiger charge is -2.53. The minimum Gasteiger partial charge on any atom is -0.508 e. The van der Waals surface area contributed by atoms with Crippen molar-refractivity contribution in [3.63, 3.8) is 0 Å². The lowest BCUT2D eigenvalue weighted by molar-refractivity contribution is -0.115. The molecule has 2 unspecified atom stereocenters. The average Bonchev–Trinajstić information content (AvgIpc) is 3.76. The summed E-state index contributed by atoms with van der Waals surface area (Å²) in [6, 6.07) is 7.52. The summed E-state index contributed by atoms with van der Waals surface area (Å²) in [6.45, 7) is 6.87. The number of aromatic nitrogens is 2. The minimum absolute atomic E-state index is 0.0276. The topological polar surface area (TPSA) is 83.0 Å². The average molecular weight is 674 g/mol. The van der Waals surface area contributed by atoms with Gasteiger partial charge in [0.25, 0.3) is 0 Å². The zero-order valence-electron chi connectivity index (χ0n) is 27.8. The van der Waals surface area contributed by atoms with Crippen molar-refractivity contribution in [2.24, 2.45) is 5.41 Å². The van der Waals surface area contributed by atoms with Crippen LogP contribution in [0.15, 0.2) is 30.3 Å². The zero-order valence-corrected chi connectivity index (χ0v) is 27.8. The molecule has 2 saturated carbocycles. The molecule has 0 radical (unpaired) electrons. The number of halogens is 3. The van der Waals surface area contributed by atoms with Gasteiger partial charge in [0, 0.05) is 54.6 Å². The van der Waals surface area contributed by atoms with Gasteiger partial charge in [0.15, 0.2) is 5.82 Å². The highest BCUT2D eigenvalue weighted by atomic mass is 19.1. The van der Waals surface area contributed by atoms with Crippen LogP contribution in [0.1, 0.15) is 57.4 Å². The summed E-state index contributed by atoms with van der Waals surface area (Å²) in [6.07, 6.45) is 7.99. The molecule has 3 aromatic carbocycles. The predicted molar refractivity (Wildman–Crippen MR) is 182 cm³/mol. The number of morpholine rings is 1. The van der Waals surface area contributed by atoms with E-state index in [9.17, 15) is 5.11 Å². The lowest BCUT2D eigenvalue weighted by atomic mass is 9.74. The summed E-state index contributed by atoms with van der Waals surface area (Å²) in [4.78, 5) is 14.2. The molecule has 2 bridgehead atoms. The first-order valence-electron chi connectivity index (χ1n) is 17.9. The summed E-state index contributed by atoms with van der Waals surface area (Å²) < 4.78 is 60.7. The number of benzene rings is 3. The van der Waals surface area contributed by atoms with E-state index in [1.807, 2.05) is 0 Å². The molecule has 258 valence electrons. The van der Waals surface area contributed by atoms with Crippen LogP contribution >= 0.6 is 0 Å². The number of aromatic hydroxyl groups is 1. The Morgan fingerprint density at radius 1 is 1.02 bits per heavy atom. The number of piperazine rings is 1. The number of anilines is 1. The Morgan fingerprint density at radius 3 is 2.53 bits per heavy atom. The maximum atomic E-state index is 17.0. The number of phenols is 1. The molecular weight excluding hydrogens is 631 g/mol. The van der Waals surface area contributed by atoms with Crippen molar-refractivity contribution in [1.82, 2.24) is 20.2 Å². The van der Waals surface area contributed by atoms with Crippen LogP contribution in [0.25, 0.3) is 32.8 Å². The first kappa shape index (κ1) is 31.3. The number of hydrogen-bond donors (Lipinski definition) is 2. The summed E-state index contributed by atoms with van der Waals surface area (Å²) >= 11 is 0. The monoisotopic (exact) mass is 673 g/mol. The first-order valence-corrected chi connectivity index (χ1v) is 17.9. The van der Waals surface area contributed by atoms with E-state index in [2.05, 4.69) is 20.1 Å². The van der Waals surface area contributed by atoms with Crippen molar-refractivity contribution >= 4 is 27.5 Å². The maximum Gasteiger partial charge on any atom is 0.319 e. The highest BCUT2D eigenvalue weighted by Crippen LogP contribution is 2.50. The molecule has 4 heterocycles. The second-order valence-corrected chi connectivity index (χ2v) is 15.1. The third kappa shape index (κ3) is 5.31. The van der Waals surface area contributed by atoms with Gasteiger partial charge in [0.05, 0.1) is 25.4 Å². The summed E-state index contributed by atoms with van der Waals surface area (Å²) in [5, 5.41) is 15.4. The fraction of sp³-hybridized carbons (Fsp3) is 0.526. The van der Waals surface area contributed by atoms with Gasteiger partial charge in [-0.15, -0.1) is 0 Å². The molecule has 0 amide bonds. The van der Waals surface area contributed by atoms with Crippen molar-refractivity contribution in [1.29, 1.82) is 0 Å². The SMILES string of the molecule is CCc1c(F)ccc2cc(O)cc(-c3c(F)cc4c(N5CC6CCC(C5)N6)nc(OCC5(CN6CCOCC67CCC7)CC5)nc4c3F)c12. The Labute approximate surface area is 283 Å². The van der Waals surface area contributed by atoms with Crippen LogP contribution in [0.3, 0.4) is 0 Å². The molecular formula is C38H42F3N5O3. The van der Waals surface area contributed by atoms with E-state index in [1.54, 1.807) is 6.92 Å². The molecule has 3 aliphatic heterocycles. The van der Waals surface area contributed by atoms with E-state index < -0.39 is 17.5 Å². The maximum absolute atomic E-state index is 17.0. The molecule has 4 aromatic rings. The summed E-state index contributed by atoms with van der Waals surface area (Å²) in [7, 11) is 0. The van der Waals surface area contributed by atoms with Crippen molar-refractivity contribution in [3.8, 4) is 22.9 Å². The lowest BCUT2D eigenvalue weighted by Crippen LogP contribution is -2.62. The van der Waals surface area contributed by atoms with Gasteiger partial charge in [-0.2, -0.15) is 9.97 Å². The number of ether oxygens (including phenoxy) is 2. The Bertz CT molecular complexity index is 1950. The number of fused-ring (bicyclic) bond motifs is 4. The van der Waals surface area contributed by atoms with Gasteiger partial charge in [-0.05, 0) is 97.5 Å². The van der Waals surface area contributed by atoms with E-state index in [0.717, 1.165) is 64.8 Å². The smallest absolute Gasteiger partial charge is 0.319 e. The molecule has 2 N–H and O–H groups in total. The normalized spacial score (nSPS) is 24.1. The largest absolute Gasteiger partial charge is 0.508 e. The Balaban J connectivity index is 1.13. The molecule has 2 aliphatic carbocycles. The zero-order chi connectivity index (χ0) is 33.5. The van der Waals surface area contributed by atoms with Crippen LogP contribution < -0.4 is 15.0 Å². The van der Waals surface area contributed by atoms with Crippen molar-refractivity contribution in [2.45, 2.75) is 75.9 Å². The van der Waals surface area contributed by atoms with Gasteiger partial charge in [0.2, 0.25) is 0 Å². The molecule has 2 atom stereocenters. The summed E-state index contributed by atoms with van der Waals surface area (Å²) in [5.41, 5.74) is 0.107. The number of nitrogens with zero attached hydrogens (tertiary/aromatic N) is 4. The Hall–Kier alpha value is -3.67. The fourth-order valence-corrected chi connectivity index (χ4v) is 8.93. The van der Waals surface area contributed by atoms with Gasteiger partial charge >= 0.3 is 6.01 Å². The van der Waals surface area contributed by atoms with Crippen LogP contribution in [-0.2, 0) is 11.2 Å². The first-order chi connectivity index (χ1) is 23.7. The minimum atomic E-state index is -0.888. The second kappa shape index (κ2) is 11.7. The molecule has 1 spiro atoms. The molecule has 5 fully saturated rings. The van der Waals surface area contributed by atoms with Gasteiger partial charge in [-0.1, -0.05) is 13.0 Å². The van der Waals surface area contributed by atoms with Gasteiger partial charge in [0.1, 0.15) is 28.7 Å². The molecule has 11 heteroatoms. The standard InChI is InChI=1S/C38H42F3N5O3/c1-2-26-29(39)7-4-22-14-25(47)15-27(31(22)26)32-30(40)16-28-34(33(32)41)43-36(44-35(28)45-17-23-5-6-24(18-45)42-23)49-20-37(10-11-37)19-46-12-13-48-21-38(46)8-3-9-38/h4,7,14-16,23-24,42,47H,2-3,5-6,8-13,17-21H2,1H3. The predicted octanol–water partition coefficient (Wildman–Crippen LogP) is 6.49. The van der Waals surface area contributed by atoms with Crippen LogP contribution in [-0.4, -0.2) is 83.6 Å². The Kier molecular flexibility index (Phi) is 7.48. The molecule has 49 heavy (non-hydrogen) atoms. The van der Waals surface area contributed by atoms with E-state index in [0.29, 0.717) is 48.3 Å². The third-order valence-corrected chi connectivity index (χ3v) is 12.0. The molecule has 3 saturated heterocycles. The number of phenolic OH excluding ortho intramolecular Hbond substituents is 1. The second-order valence-electron chi connectivity index (χ2n) is 15.1. The highest BCUT2D eigenvalue weighted by Gasteiger charge is 2.52. The van der Waals surface area contributed by atoms with Crippen LogP contribution in [0.4, 0.5) is 19.0 Å². The Morgan fingerprint density at radius 2 is 1.82 bits per heavy atom. The quantitative estimate of drug-likeness (QED) is 0.220. The molecule has 5 aliphatic rings. The van der Waals surface area contributed by atoms with E-state index in [-0.39, 0.29) is 56.8 Å². The molecule has 1 aromatic heterocycles. The van der Waals surface area contributed by atoms with Gasteiger partial charge < -0.3 is 24.8 Å². The molecule has 9 rings (SSSR count). The number of aryl methyl sites for hydroxylation is 1. The van der Waals surface area contributed by atoms with Crippen LogP contribution in [0.2, 0.25) is 0 Å². The number of hydrogen-bond acceptors (Lipinski definition) is 8. The summed E-state index contributed by atoms with van der Waals surface area (Å²) in [5.74, 6) is -1.90. The van der Waals surface area contributed by atoms with Crippen LogP contribution in [0.5, 0.6) is 11.8 Å². The van der Waals surface area contributed by atoms with E-state index >= 15 is 13.2 Å². The van der Waals surface area contributed by atoms with Crippen LogP contribution in [0, 0.1) is 22.9 Å². The molecule has 8 nitrogen and oxygen atoms in total. The number of rotatable bonds is 8.